The highest BCUT2D eigenvalue weighted by Gasteiger charge is 2.01. The number of aromatic nitrogens is 1. The molecule has 0 saturated carbocycles. The molecule has 0 saturated heterocycles. The van der Waals surface area contributed by atoms with Gasteiger partial charge in [-0.15, -0.1) is 0 Å². The number of nitrogens with zero attached hydrogens (tertiary/aromatic N) is 1. The van der Waals surface area contributed by atoms with Crippen LogP contribution < -0.4 is 5.32 Å². The largest absolute Gasteiger partial charge is 0.450 e. The van der Waals surface area contributed by atoms with E-state index in [0.717, 1.165) is 4.47 Å². The van der Waals surface area contributed by atoms with Crippen LogP contribution in [0.3, 0.4) is 0 Å². The number of hydrogen-bond acceptors (Lipinski definition) is 3. The SMILES string of the molecule is CCOC(=O)Nc1cncc(Br)c1. The van der Waals surface area contributed by atoms with Gasteiger partial charge >= 0.3 is 6.09 Å². The molecule has 1 aromatic heterocycles. The fourth-order valence-corrected chi connectivity index (χ4v) is 1.13. The van der Waals surface area contributed by atoms with E-state index in [1.54, 1.807) is 25.4 Å². The topological polar surface area (TPSA) is 51.2 Å². The van der Waals surface area contributed by atoms with Crippen LogP contribution in [0, 0.1) is 0 Å². The van der Waals surface area contributed by atoms with Gasteiger partial charge in [-0.25, -0.2) is 4.79 Å². The Bertz CT molecular complexity index is 304. The molecule has 0 bridgehead atoms. The summed E-state index contributed by atoms with van der Waals surface area (Å²) in [4.78, 5) is 14.8. The molecule has 0 aliphatic carbocycles. The average molecular weight is 245 g/mol. The van der Waals surface area contributed by atoms with Gasteiger partial charge in [-0.3, -0.25) is 10.3 Å². The van der Waals surface area contributed by atoms with Gasteiger partial charge in [-0.05, 0) is 28.9 Å². The van der Waals surface area contributed by atoms with E-state index in [-0.39, 0.29) is 0 Å². The van der Waals surface area contributed by atoms with Crippen molar-refractivity contribution in [3.63, 3.8) is 0 Å². The van der Waals surface area contributed by atoms with Crippen LogP contribution in [0.1, 0.15) is 6.92 Å². The number of carbonyl (C=O) groups excluding carboxylic acids is 1. The van der Waals surface area contributed by atoms with Crippen molar-refractivity contribution < 1.29 is 9.53 Å². The predicted molar refractivity (Wildman–Crippen MR) is 52.6 cm³/mol. The lowest BCUT2D eigenvalue weighted by Crippen LogP contribution is -2.13. The third kappa shape index (κ3) is 3.42. The van der Waals surface area contributed by atoms with Gasteiger partial charge in [0.15, 0.2) is 0 Å². The fourth-order valence-electron chi connectivity index (χ4n) is 0.765. The monoisotopic (exact) mass is 244 g/mol. The van der Waals surface area contributed by atoms with Crippen molar-refractivity contribution in [2.24, 2.45) is 0 Å². The standard InChI is InChI=1S/C8H9BrN2O2/c1-2-13-8(12)11-7-3-6(9)4-10-5-7/h3-5H,2H2,1H3,(H,11,12). The van der Waals surface area contributed by atoms with Crippen molar-refractivity contribution in [1.29, 1.82) is 0 Å². The van der Waals surface area contributed by atoms with Gasteiger partial charge < -0.3 is 4.74 Å². The normalized spacial score (nSPS) is 9.38. The molecule has 0 atom stereocenters. The number of nitrogens with one attached hydrogen (secondary N) is 1. The molecule has 1 heterocycles. The molecular formula is C8H9BrN2O2. The quantitative estimate of drug-likeness (QED) is 0.870. The molecule has 0 aliphatic rings. The lowest BCUT2D eigenvalue weighted by molar-refractivity contribution is 0.168. The van der Waals surface area contributed by atoms with Crippen LogP contribution in [-0.2, 0) is 4.74 Å². The summed E-state index contributed by atoms with van der Waals surface area (Å²) in [6.07, 6.45) is 2.71. The van der Waals surface area contributed by atoms with Crippen molar-refractivity contribution in [3.05, 3.63) is 22.9 Å². The first-order valence-corrected chi connectivity index (χ1v) is 4.56. The molecule has 5 heteroatoms. The Morgan fingerprint density at radius 1 is 1.69 bits per heavy atom. The lowest BCUT2D eigenvalue weighted by Gasteiger charge is -2.04. The minimum Gasteiger partial charge on any atom is -0.450 e. The van der Waals surface area contributed by atoms with Gasteiger partial charge in [-0.2, -0.15) is 0 Å². The van der Waals surface area contributed by atoms with Crippen molar-refractivity contribution in [2.75, 3.05) is 11.9 Å². The maximum Gasteiger partial charge on any atom is 0.411 e. The molecule has 1 aromatic rings. The van der Waals surface area contributed by atoms with E-state index in [1.165, 1.54) is 0 Å². The predicted octanol–water partition coefficient (Wildman–Crippen LogP) is 2.41. The Labute approximate surface area is 84.4 Å². The lowest BCUT2D eigenvalue weighted by atomic mass is 10.4. The summed E-state index contributed by atoms with van der Waals surface area (Å²) in [7, 11) is 0. The molecule has 0 aliphatic heterocycles. The fraction of sp³-hybridized carbons (Fsp3) is 0.250. The first-order valence-electron chi connectivity index (χ1n) is 3.76. The van der Waals surface area contributed by atoms with E-state index in [2.05, 4.69) is 26.2 Å². The molecule has 4 nitrogen and oxygen atoms in total. The van der Waals surface area contributed by atoms with Crippen molar-refractivity contribution >= 4 is 27.7 Å². The number of hydrogen-bond donors (Lipinski definition) is 1. The molecule has 70 valence electrons. The van der Waals surface area contributed by atoms with Gasteiger partial charge in [0.1, 0.15) is 0 Å². The van der Waals surface area contributed by atoms with Gasteiger partial charge in [0.2, 0.25) is 0 Å². The Hall–Kier alpha value is -1.10. The summed E-state index contributed by atoms with van der Waals surface area (Å²) in [6, 6.07) is 1.74. The zero-order valence-corrected chi connectivity index (χ0v) is 8.67. The van der Waals surface area contributed by atoms with Gasteiger partial charge in [-0.1, -0.05) is 0 Å². The van der Waals surface area contributed by atoms with Crippen LogP contribution >= 0.6 is 15.9 Å². The molecule has 0 radical (unpaired) electrons. The van der Waals surface area contributed by atoms with E-state index < -0.39 is 6.09 Å². The minimum atomic E-state index is -0.470. The van der Waals surface area contributed by atoms with Gasteiger partial charge in [0, 0.05) is 10.7 Å². The minimum absolute atomic E-state index is 0.354. The molecule has 0 aromatic carbocycles. The smallest absolute Gasteiger partial charge is 0.411 e. The zero-order chi connectivity index (χ0) is 9.68. The summed E-state index contributed by atoms with van der Waals surface area (Å²) in [5.41, 5.74) is 0.604. The molecular weight excluding hydrogens is 236 g/mol. The van der Waals surface area contributed by atoms with E-state index in [4.69, 9.17) is 4.74 Å². The van der Waals surface area contributed by atoms with E-state index in [9.17, 15) is 4.79 Å². The van der Waals surface area contributed by atoms with Crippen LogP contribution in [0.15, 0.2) is 22.9 Å². The molecule has 0 fully saturated rings. The van der Waals surface area contributed by atoms with Crippen molar-refractivity contribution in [3.8, 4) is 0 Å². The van der Waals surface area contributed by atoms with E-state index >= 15 is 0 Å². The van der Waals surface area contributed by atoms with Crippen LogP contribution in [0.5, 0.6) is 0 Å². The Balaban J connectivity index is 2.58. The van der Waals surface area contributed by atoms with Gasteiger partial charge in [0.25, 0.3) is 0 Å². The second kappa shape index (κ2) is 4.81. The van der Waals surface area contributed by atoms with Crippen LogP contribution in [0.2, 0.25) is 0 Å². The molecule has 0 unspecified atom stereocenters. The summed E-state index contributed by atoms with van der Waals surface area (Å²) in [6.45, 7) is 2.10. The van der Waals surface area contributed by atoms with Crippen molar-refractivity contribution in [2.45, 2.75) is 6.92 Å². The number of amides is 1. The van der Waals surface area contributed by atoms with Crippen LogP contribution in [-0.4, -0.2) is 17.7 Å². The Morgan fingerprint density at radius 2 is 2.46 bits per heavy atom. The zero-order valence-electron chi connectivity index (χ0n) is 7.08. The maximum absolute atomic E-state index is 10.9. The molecule has 1 amide bonds. The molecule has 13 heavy (non-hydrogen) atoms. The first-order chi connectivity index (χ1) is 6.22. The van der Waals surface area contributed by atoms with Gasteiger partial charge in [0.05, 0.1) is 18.5 Å². The second-order valence-corrected chi connectivity index (χ2v) is 3.15. The summed E-state index contributed by atoms with van der Waals surface area (Å²) in [5, 5.41) is 2.53. The highest BCUT2D eigenvalue weighted by molar-refractivity contribution is 9.10. The summed E-state index contributed by atoms with van der Waals surface area (Å²) in [5.74, 6) is 0. The highest BCUT2D eigenvalue weighted by Crippen LogP contribution is 2.13. The second-order valence-electron chi connectivity index (χ2n) is 2.24. The Kier molecular flexibility index (Phi) is 3.70. The van der Waals surface area contributed by atoms with Crippen LogP contribution in [0.25, 0.3) is 0 Å². The number of rotatable bonds is 2. The van der Waals surface area contributed by atoms with E-state index in [1.807, 2.05) is 0 Å². The highest BCUT2D eigenvalue weighted by atomic mass is 79.9. The van der Waals surface area contributed by atoms with Crippen LogP contribution in [0.4, 0.5) is 10.5 Å². The number of anilines is 1. The summed E-state index contributed by atoms with van der Waals surface area (Å²) < 4.78 is 5.50. The Morgan fingerprint density at radius 3 is 3.08 bits per heavy atom. The first kappa shape index (κ1) is 9.98. The third-order valence-electron chi connectivity index (χ3n) is 1.23. The maximum atomic E-state index is 10.9. The number of pyridine rings is 1. The number of halogens is 1. The van der Waals surface area contributed by atoms with Crippen molar-refractivity contribution in [1.82, 2.24) is 4.98 Å². The average Bonchev–Trinajstić information content (AvgIpc) is 2.04. The summed E-state index contributed by atoms with van der Waals surface area (Å²) >= 11 is 3.24. The number of carbonyl (C=O) groups is 1. The third-order valence-corrected chi connectivity index (χ3v) is 1.66. The molecule has 0 spiro atoms. The number of ether oxygens (including phenoxy) is 1. The van der Waals surface area contributed by atoms with E-state index in [0.29, 0.717) is 12.3 Å². The molecule has 1 rings (SSSR count). The molecule has 1 N–H and O–H groups in total.